The van der Waals surface area contributed by atoms with Gasteiger partial charge in [0.25, 0.3) is 11.8 Å². The zero-order valence-electron chi connectivity index (χ0n) is 12.4. The Labute approximate surface area is 139 Å². The lowest BCUT2D eigenvalue weighted by Gasteiger charge is -2.17. The van der Waals surface area contributed by atoms with E-state index in [9.17, 15) is 22.0 Å². The van der Waals surface area contributed by atoms with Crippen LogP contribution in [0.5, 0.6) is 0 Å². The minimum atomic E-state index is -3.36. The molecule has 23 heavy (non-hydrogen) atoms. The molecule has 0 aromatic heterocycles. The molecule has 6 nitrogen and oxygen atoms in total. The summed E-state index contributed by atoms with van der Waals surface area (Å²) < 4.78 is 50.5. The van der Waals surface area contributed by atoms with Crippen LogP contribution in [0.15, 0.2) is 18.2 Å². The molecule has 0 spiro atoms. The molecule has 0 bridgehead atoms. The predicted octanol–water partition coefficient (Wildman–Crippen LogP) is 0.754. The summed E-state index contributed by atoms with van der Waals surface area (Å²) in [5.74, 6) is -3.80. The SMILES string of the molecule is CS(=O)(=O)N1CCc2cc(C(=O)NCC(F)(F)CN)ccc21.Cl. The molecule has 0 aliphatic carbocycles. The Balaban J connectivity index is 0.00000264. The zero-order valence-corrected chi connectivity index (χ0v) is 14.0. The molecule has 1 aliphatic heterocycles. The number of amides is 1. The molecule has 1 amide bonds. The number of hydrogen-bond acceptors (Lipinski definition) is 4. The summed E-state index contributed by atoms with van der Waals surface area (Å²) in [6.45, 7) is -1.37. The minimum absolute atomic E-state index is 0. The number of nitrogens with zero attached hydrogens (tertiary/aromatic N) is 1. The van der Waals surface area contributed by atoms with Gasteiger partial charge in [0.05, 0.1) is 25.0 Å². The molecule has 0 saturated heterocycles. The molecule has 2 rings (SSSR count). The van der Waals surface area contributed by atoms with Crippen molar-refractivity contribution in [2.24, 2.45) is 5.73 Å². The molecule has 1 aliphatic rings. The summed E-state index contributed by atoms with van der Waals surface area (Å²) in [4.78, 5) is 11.9. The second-order valence-corrected chi connectivity index (χ2v) is 7.08. The van der Waals surface area contributed by atoms with Crippen molar-refractivity contribution < 1.29 is 22.0 Å². The lowest BCUT2D eigenvalue weighted by atomic mass is 10.1. The van der Waals surface area contributed by atoms with Gasteiger partial charge in [0.2, 0.25) is 10.0 Å². The normalized spacial score (nSPS) is 14.2. The zero-order chi connectivity index (χ0) is 16.5. The van der Waals surface area contributed by atoms with Crippen molar-refractivity contribution in [2.45, 2.75) is 12.3 Å². The van der Waals surface area contributed by atoms with Crippen molar-refractivity contribution in [1.29, 1.82) is 0 Å². The van der Waals surface area contributed by atoms with Crippen LogP contribution in [0.4, 0.5) is 14.5 Å². The van der Waals surface area contributed by atoms with Crippen molar-refractivity contribution >= 4 is 34.0 Å². The molecule has 1 aromatic rings. The highest BCUT2D eigenvalue weighted by Gasteiger charge is 2.29. The number of carbonyl (C=O) groups excluding carboxylic acids is 1. The van der Waals surface area contributed by atoms with Gasteiger partial charge in [-0.05, 0) is 30.2 Å². The molecular weight excluding hydrogens is 352 g/mol. The molecule has 130 valence electrons. The number of alkyl halides is 2. The van der Waals surface area contributed by atoms with Gasteiger partial charge in [-0.1, -0.05) is 0 Å². The summed E-state index contributed by atoms with van der Waals surface area (Å²) in [6, 6.07) is 4.45. The number of sulfonamides is 1. The van der Waals surface area contributed by atoms with E-state index in [1.165, 1.54) is 22.5 Å². The first kappa shape index (κ1) is 19.6. The smallest absolute Gasteiger partial charge is 0.277 e. The quantitative estimate of drug-likeness (QED) is 0.801. The average Bonchev–Trinajstić information content (AvgIpc) is 2.87. The lowest BCUT2D eigenvalue weighted by Crippen LogP contribution is -2.41. The van der Waals surface area contributed by atoms with E-state index >= 15 is 0 Å². The van der Waals surface area contributed by atoms with Gasteiger partial charge >= 0.3 is 0 Å². The summed E-state index contributed by atoms with van der Waals surface area (Å²) in [5.41, 5.74) is 6.32. The maximum absolute atomic E-state index is 13.0. The molecule has 0 saturated carbocycles. The van der Waals surface area contributed by atoms with Gasteiger partial charge < -0.3 is 11.1 Å². The van der Waals surface area contributed by atoms with E-state index in [1.807, 2.05) is 0 Å². The molecule has 3 N–H and O–H groups in total. The number of rotatable bonds is 5. The third-order valence-corrected chi connectivity index (χ3v) is 4.58. The molecule has 0 fully saturated rings. The Morgan fingerprint density at radius 1 is 1.43 bits per heavy atom. The fraction of sp³-hybridized carbons (Fsp3) is 0.462. The molecule has 1 aromatic carbocycles. The molecule has 1 heterocycles. The fourth-order valence-corrected chi connectivity index (χ4v) is 3.20. The van der Waals surface area contributed by atoms with E-state index in [0.717, 1.165) is 6.26 Å². The highest BCUT2D eigenvalue weighted by atomic mass is 35.5. The Kier molecular flexibility index (Phi) is 5.95. The van der Waals surface area contributed by atoms with Crippen LogP contribution in [0.2, 0.25) is 0 Å². The molecule has 0 atom stereocenters. The first-order valence-electron chi connectivity index (χ1n) is 6.61. The van der Waals surface area contributed by atoms with Crippen molar-refractivity contribution in [3.05, 3.63) is 29.3 Å². The van der Waals surface area contributed by atoms with Crippen molar-refractivity contribution in [3.8, 4) is 0 Å². The Bertz CT molecular complexity index is 698. The number of benzene rings is 1. The first-order valence-corrected chi connectivity index (χ1v) is 8.45. The number of halogens is 3. The monoisotopic (exact) mass is 369 g/mol. The number of carbonyl (C=O) groups is 1. The van der Waals surface area contributed by atoms with Crippen LogP contribution in [0.25, 0.3) is 0 Å². The van der Waals surface area contributed by atoms with E-state index in [2.05, 4.69) is 5.32 Å². The van der Waals surface area contributed by atoms with Crippen LogP contribution < -0.4 is 15.4 Å². The summed E-state index contributed by atoms with van der Waals surface area (Å²) in [5, 5.41) is 2.12. The summed E-state index contributed by atoms with van der Waals surface area (Å²) in [6.07, 6.45) is 1.58. The largest absolute Gasteiger partial charge is 0.346 e. The van der Waals surface area contributed by atoms with Gasteiger partial charge in [0.1, 0.15) is 0 Å². The maximum atomic E-state index is 13.0. The van der Waals surface area contributed by atoms with Crippen LogP contribution in [0, 0.1) is 0 Å². The van der Waals surface area contributed by atoms with Gasteiger partial charge in [-0.15, -0.1) is 12.4 Å². The Morgan fingerprint density at radius 3 is 2.65 bits per heavy atom. The van der Waals surface area contributed by atoms with Crippen LogP contribution in [0.3, 0.4) is 0 Å². The van der Waals surface area contributed by atoms with E-state index < -0.39 is 34.9 Å². The van der Waals surface area contributed by atoms with E-state index in [0.29, 0.717) is 24.2 Å². The van der Waals surface area contributed by atoms with Crippen molar-refractivity contribution in [1.82, 2.24) is 5.32 Å². The van der Waals surface area contributed by atoms with Gasteiger partial charge in [-0.2, -0.15) is 0 Å². The van der Waals surface area contributed by atoms with Crippen LogP contribution in [-0.2, 0) is 16.4 Å². The van der Waals surface area contributed by atoms with Gasteiger partial charge in [-0.3, -0.25) is 9.10 Å². The number of fused-ring (bicyclic) bond motifs is 1. The number of nitrogens with two attached hydrogens (primary N) is 1. The third kappa shape index (κ3) is 4.52. The Morgan fingerprint density at radius 2 is 2.09 bits per heavy atom. The van der Waals surface area contributed by atoms with Gasteiger partial charge in [-0.25, -0.2) is 17.2 Å². The van der Waals surface area contributed by atoms with E-state index in [-0.39, 0.29) is 18.0 Å². The predicted molar refractivity (Wildman–Crippen MR) is 85.9 cm³/mol. The molecular formula is C13H18ClF2N3O3S. The lowest BCUT2D eigenvalue weighted by molar-refractivity contribution is 0.0118. The molecule has 0 unspecified atom stereocenters. The minimum Gasteiger partial charge on any atom is -0.346 e. The first-order chi connectivity index (χ1) is 10.1. The van der Waals surface area contributed by atoms with Crippen LogP contribution in [0.1, 0.15) is 15.9 Å². The van der Waals surface area contributed by atoms with Crippen molar-refractivity contribution in [2.75, 3.05) is 30.2 Å². The third-order valence-electron chi connectivity index (χ3n) is 3.40. The summed E-state index contributed by atoms with van der Waals surface area (Å²) >= 11 is 0. The average molecular weight is 370 g/mol. The second-order valence-electron chi connectivity index (χ2n) is 5.17. The number of hydrogen-bond donors (Lipinski definition) is 2. The Hall–Kier alpha value is -1.45. The van der Waals surface area contributed by atoms with Crippen LogP contribution in [-0.4, -0.2) is 46.1 Å². The van der Waals surface area contributed by atoms with Gasteiger partial charge in [0.15, 0.2) is 0 Å². The number of anilines is 1. The van der Waals surface area contributed by atoms with E-state index in [1.54, 1.807) is 0 Å². The maximum Gasteiger partial charge on any atom is 0.277 e. The van der Waals surface area contributed by atoms with Crippen molar-refractivity contribution in [3.63, 3.8) is 0 Å². The highest BCUT2D eigenvalue weighted by Crippen LogP contribution is 2.30. The molecule has 0 radical (unpaired) electrons. The topological polar surface area (TPSA) is 92.5 Å². The summed E-state index contributed by atoms with van der Waals surface area (Å²) in [7, 11) is -3.36. The highest BCUT2D eigenvalue weighted by molar-refractivity contribution is 7.92. The van der Waals surface area contributed by atoms with E-state index in [4.69, 9.17) is 5.73 Å². The number of nitrogens with one attached hydrogen (secondary N) is 1. The standard InChI is InChI=1S/C13H17F2N3O3S.ClH/c1-22(20,21)18-5-4-9-6-10(2-3-11(9)18)12(19)17-8-13(14,15)7-16;/h2-3,6H,4-5,7-8,16H2,1H3,(H,17,19);1H. The van der Waals surface area contributed by atoms with Gasteiger partial charge in [0, 0.05) is 12.1 Å². The van der Waals surface area contributed by atoms with Crippen LogP contribution >= 0.6 is 12.4 Å². The fourth-order valence-electron chi connectivity index (χ4n) is 2.24. The molecule has 10 heteroatoms. The second kappa shape index (κ2) is 6.98.